The molecule has 0 radical (unpaired) electrons. The SMILES string of the molecule is Cc1nc(C)c(C(=O)N2CCN(c3ccccn3)[C@H](CO)C2)cc1NC1CCN(c2ccccc2C#N)CC1. The second kappa shape index (κ2) is 11.7. The summed E-state index contributed by atoms with van der Waals surface area (Å²) in [5.74, 6) is 0.746. The molecule has 5 rings (SSSR count). The van der Waals surface area contributed by atoms with Crippen molar-refractivity contribution < 1.29 is 9.90 Å². The molecule has 9 heteroatoms. The molecule has 39 heavy (non-hydrogen) atoms. The molecule has 2 saturated heterocycles. The van der Waals surface area contributed by atoms with Crippen molar-refractivity contribution >= 4 is 23.1 Å². The van der Waals surface area contributed by atoms with E-state index in [1.54, 1.807) is 6.20 Å². The lowest BCUT2D eigenvalue weighted by atomic mass is 10.0. The van der Waals surface area contributed by atoms with Gasteiger partial charge in [0.15, 0.2) is 0 Å². The molecule has 9 nitrogen and oxygen atoms in total. The molecule has 1 amide bonds. The number of rotatable bonds is 6. The first kappa shape index (κ1) is 26.4. The van der Waals surface area contributed by atoms with Gasteiger partial charge in [-0.2, -0.15) is 5.26 Å². The first-order valence-electron chi connectivity index (χ1n) is 13.5. The molecule has 3 aromatic rings. The van der Waals surface area contributed by atoms with E-state index in [4.69, 9.17) is 4.98 Å². The fourth-order valence-corrected chi connectivity index (χ4v) is 5.61. The predicted molar refractivity (Wildman–Crippen MR) is 152 cm³/mol. The van der Waals surface area contributed by atoms with Crippen LogP contribution in [0, 0.1) is 25.2 Å². The molecule has 0 spiro atoms. The van der Waals surface area contributed by atoms with Crippen LogP contribution in [-0.4, -0.2) is 77.3 Å². The first-order valence-corrected chi connectivity index (χ1v) is 13.5. The number of nitrogens with zero attached hydrogens (tertiary/aromatic N) is 6. The molecule has 2 aliphatic rings. The average molecular weight is 526 g/mol. The van der Waals surface area contributed by atoms with Crippen LogP contribution < -0.4 is 15.1 Å². The van der Waals surface area contributed by atoms with Crippen molar-refractivity contribution in [2.24, 2.45) is 0 Å². The molecule has 1 aromatic carbocycles. The Labute approximate surface area is 229 Å². The van der Waals surface area contributed by atoms with E-state index >= 15 is 0 Å². The Kier molecular flexibility index (Phi) is 7.94. The maximum absolute atomic E-state index is 13.7. The minimum Gasteiger partial charge on any atom is -0.394 e. The number of aliphatic hydroxyl groups is 1. The zero-order valence-electron chi connectivity index (χ0n) is 22.5. The average Bonchev–Trinajstić information content (AvgIpc) is 2.98. The summed E-state index contributed by atoms with van der Waals surface area (Å²) in [7, 11) is 0. The van der Waals surface area contributed by atoms with Crippen LogP contribution in [0.4, 0.5) is 17.2 Å². The number of carbonyl (C=O) groups excluding carboxylic acids is 1. The van der Waals surface area contributed by atoms with Crippen molar-refractivity contribution in [1.29, 1.82) is 5.26 Å². The molecular weight excluding hydrogens is 490 g/mol. The lowest BCUT2D eigenvalue weighted by Crippen LogP contribution is -2.56. The summed E-state index contributed by atoms with van der Waals surface area (Å²) in [4.78, 5) is 28.9. The van der Waals surface area contributed by atoms with Crippen LogP contribution in [0.25, 0.3) is 0 Å². The highest BCUT2D eigenvalue weighted by molar-refractivity contribution is 5.96. The molecule has 4 heterocycles. The number of piperazine rings is 1. The number of nitrogens with one attached hydrogen (secondary N) is 1. The minimum atomic E-state index is -0.217. The van der Waals surface area contributed by atoms with Crippen LogP contribution >= 0.6 is 0 Å². The van der Waals surface area contributed by atoms with Gasteiger partial charge < -0.3 is 25.1 Å². The van der Waals surface area contributed by atoms with Crippen molar-refractivity contribution in [3.8, 4) is 6.07 Å². The number of carbonyl (C=O) groups is 1. The number of hydrogen-bond acceptors (Lipinski definition) is 8. The molecular formula is C30H35N7O2. The van der Waals surface area contributed by atoms with Gasteiger partial charge >= 0.3 is 0 Å². The third kappa shape index (κ3) is 5.66. The predicted octanol–water partition coefficient (Wildman–Crippen LogP) is 3.37. The van der Waals surface area contributed by atoms with Crippen LogP contribution in [0.2, 0.25) is 0 Å². The molecule has 2 aromatic heterocycles. The molecule has 2 N–H and O–H groups in total. The first-order chi connectivity index (χ1) is 19.0. The van der Waals surface area contributed by atoms with Gasteiger partial charge in [0.1, 0.15) is 11.9 Å². The van der Waals surface area contributed by atoms with Gasteiger partial charge in [0.05, 0.1) is 46.5 Å². The summed E-state index contributed by atoms with van der Waals surface area (Å²) < 4.78 is 0. The van der Waals surface area contributed by atoms with Crippen LogP contribution in [-0.2, 0) is 0 Å². The van der Waals surface area contributed by atoms with E-state index in [1.807, 2.05) is 67.3 Å². The van der Waals surface area contributed by atoms with Crippen LogP contribution in [0.5, 0.6) is 0 Å². The molecule has 0 unspecified atom stereocenters. The number of nitriles is 1. The Bertz CT molecular complexity index is 1350. The number of piperidine rings is 1. The lowest BCUT2D eigenvalue weighted by Gasteiger charge is -2.41. The zero-order chi connectivity index (χ0) is 27.4. The van der Waals surface area contributed by atoms with Crippen LogP contribution in [0.3, 0.4) is 0 Å². The van der Waals surface area contributed by atoms with Crippen LogP contribution in [0.1, 0.15) is 40.2 Å². The number of aliphatic hydroxyl groups excluding tert-OH is 1. The highest BCUT2D eigenvalue weighted by Crippen LogP contribution is 2.27. The quantitative estimate of drug-likeness (QED) is 0.504. The Hall–Kier alpha value is -4.16. The van der Waals surface area contributed by atoms with Gasteiger partial charge in [-0.15, -0.1) is 0 Å². The fourth-order valence-electron chi connectivity index (χ4n) is 5.61. The molecule has 1 atom stereocenters. The topological polar surface area (TPSA) is 109 Å². The summed E-state index contributed by atoms with van der Waals surface area (Å²) in [6.07, 6.45) is 3.58. The van der Waals surface area contributed by atoms with E-state index in [2.05, 4.69) is 26.2 Å². The van der Waals surface area contributed by atoms with Gasteiger partial charge in [-0.3, -0.25) is 9.78 Å². The monoisotopic (exact) mass is 525 g/mol. The molecule has 2 aliphatic heterocycles. The van der Waals surface area contributed by atoms with E-state index in [1.165, 1.54) is 0 Å². The summed E-state index contributed by atoms with van der Waals surface area (Å²) in [6, 6.07) is 17.7. The minimum absolute atomic E-state index is 0.0597. The number of benzene rings is 1. The Morgan fingerprint density at radius 2 is 1.85 bits per heavy atom. The number of aryl methyl sites for hydroxylation is 2. The molecule has 202 valence electrons. The standard InChI is InChI=1S/C30H35N7O2/c1-21-26(30(39)36-15-16-37(25(19-36)20-38)29-9-5-6-12-32-29)17-27(22(2)33-21)34-24-10-13-35(14-11-24)28-8-4-3-7-23(28)18-31/h3-9,12,17,24-25,34,38H,10-11,13-16,19-20H2,1-2H3/t25-/m0/s1. The van der Waals surface area contributed by atoms with E-state index in [0.29, 0.717) is 36.5 Å². The fraction of sp³-hybridized carbons (Fsp3) is 0.400. The summed E-state index contributed by atoms with van der Waals surface area (Å²) >= 11 is 0. The maximum Gasteiger partial charge on any atom is 0.255 e. The number of aromatic nitrogens is 2. The Balaban J connectivity index is 1.26. The normalized spacial score (nSPS) is 18.1. The molecule has 0 aliphatic carbocycles. The van der Waals surface area contributed by atoms with Gasteiger partial charge in [-0.1, -0.05) is 18.2 Å². The van der Waals surface area contributed by atoms with Crippen molar-refractivity contribution in [2.75, 3.05) is 54.4 Å². The second-order valence-corrected chi connectivity index (χ2v) is 10.3. The number of anilines is 3. The number of pyridine rings is 2. The van der Waals surface area contributed by atoms with E-state index < -0.39 is 0 Å². The van der Waals surface area contributed by atoms with Crippen molar-refractivity contribution in [3.05, 3.63) is 77.2 Å². The van der Waals surface area contributed by atoms with Gasteiger partial charge in [-0.05, 0) is 57.0 Å². The van der Waals surface area contributed by atoms with E-state index in [9.17, 15) is 15.2 Å². The van der Waals surface area contributed by atoms with Gasteiger partial charge in [0.25, 0.3) is 5.91 Å². The van der Waals surface area contributed by atoms with Crippen molar-refractivity contribution in [3.63, 3.8) is 0 Å². The lowest BCUT2D eigenvalue weighted by molar-refractivity contribution is 0.0697. The third-order valence-corrected chi connectivity index (χ3v) is 7.78. The van der Waals surface area contributed by atoms with E-state index in [0.717, 1.165) is 48.8 Å². The van der Waals surface area contributed by atoms with Crippen molar-refractivity contribution in [1.82, 2.24) is 14.9 Å². The highest BCUT2D eigenvalue weighted by Gasteiger charge is 2.31. The number of amides is 1. The molecule has 2 fully saturated rings. The molecule has 0 bridgehead atoms. The third-order valence-electron chi connectivity index (χ3n) is 7.78. The van der Waals surface area contributed by atoms with Gasteiger partial charge in [-0.25, -0.2) is 4.98 Å². The van der Waals surface area contributed by atoms with Crippen LogP contribution in [0.15, 0.2) is 54.7 Å². The maximum atomic E-state index is 13.7. The number of para-hydroxylation sites is 1. The smallest absolute Gasteiger partial charge is 0.255 e. The largest absolute Gasteiger partial charge is 0.394 e. The number of hydrogen-bond donors (Lipinski definition) is 2. The zero-order valence-corrected chi connectivity index (χ0v) is 22.5. The summed E-state index contributed by atoms with van der Waals surface area (Å²) in [5.41, 5.74) is 4.74. The highest BCUT2D eigenvalue weighted by atomic mass is 16.3. The summed E-state index contributed by atoms with van der Waals surface area (Å²) in [5, 5.41) is 23.2. The van der Waals surface area contributed by atoms with Gasteiger partial charge in [0, 0.05) is 45.0 Å². The van der Waals surface area contributed by atoms with Gasteiger partial charge in [0.2, 0.25) is 0 Å². The summed E-state index contributed by atoms with van der Waals surface area (Å²) in [6.45, 7) is 7.06. The molecule has 0 saturated carbocycles. The van der Waals surface area contributed by atoms with Crippen molar-refractivity contribution in [2.45, 2.75) is 38.8 Å². The second-order valence-electron chi connectivity index (χ2n) is 10.3. The Morgan fingerprint density at radius 1 is 1.08 bits per heavy atom. The Morgan fingerprint density at radius 3 is 2.56 bits per heavy atom. The van der Waals surface area contributed by atoms with E-state index in [-0.39, 0.29) is 24.6 Å².